The maximum atomic E-state index is 13.7. The van der Waals surface area contributed by atoms with E-state index < -0.39 is 6.17 Å². The molecule has 13 heavy (non-hydrogen) atoms. The summed E-state index contributed by atoms with van der Waals surface area (Å²) in [4.78, 5) is 0. The lowest BCUT2D eigenvalue weighted by Crippen LogP contribution is -2.37. The molecule has 0 radical (unpaired) electrons. The molecule has 2 unspecified atom stereocenters. The third kappa shape index (κ3) is 1.91. The molecule has 2 atom stereocenters. The van der Waals surface area contributed by atoms with Crippen LogP contribution in [0.5, 0.6) is 0 Å². The zero-order valence-corrected chi connectivity index (χ0v) is 7.50. The molecule has 1 fully saturated rings. The summed E-state index contributed by atoms with van der Waals surface area (Å²) in [5, 5.41) is 3.17. The molecule has 1 saturated heterocycles. The highest BCUT2D eigenvalue weighted by Gasteiger charge is 2.25. The third-order valence-corrected chi connectivity index (χ3v) is 2.52. The lowest BCUT2D eigenvalue weighted by Gasteiger charge is -2.25. The Labute approximate surface area is 77.1 Å². The molecule has 1 aliphatic heterocycles. The monoisotopic (exact) mass is 183 g/mol. The molecule has 1 aromatic heterocycles. The Morgan fingerprint density at radius 3 is 3.08 bits per heavy atom. The van der Waals surface area contributed by atoms with Gasteiger partial charge in [0.25, 0.3) is 0 Å². The van der Waals surface area contributed by atoms with Crippen molar-refractivity contribution in [1.82, 2.24) is 5.32 Å². The summed E-state index contributed by atoms with van der Waals surface area (Å²) in [7, 11) is 0. The minimum Gasteiger partial charge on any atom is -0.466 e. The van der Waals surface area contributed by atoms with E-state index in [0.717, 1.165) is 25.8 Å². The summed E-state index contributed by atoms with van der Waals surface area (Å²) in [6.45, 7) is 0.922. The van der Waals surface area contributed by atoms with Gasteiger partial charge in [0.1, 0.15) is 5.76 Å². The Hall–Kier alpha value is -0.830. The molecule has 2 rings (SSSR count). The topological polar surface area (TPSA) is 25.2 Å². The van der Waals surface area contributed by atoms with Crippen molar-refractivity contribution >= 4 is 0 Å². The number of halogens is 1. The van der Waals surface area contributed by atoms with Gasteiger partial charge < -0.3 is 9.73 Å². The number of nitrogens with one attached hydrogen (secondary N) is 1. The van der Waals surface area contributed by atoms with Gasteiger partial charge in [0.05, 0.1) is 6.26 Å². The molecule has 0 amide bonds. The SMILES string of the molecule is FC(c1ccco1)C1CCCCN1. The summed E-state index contributed by atoms with van der Waals surface area (Å²) >= 11 is 0. The summed E-state index contributed by atoms with van der Waals surface area (Å²) in [6.07, 6.45) is 3.70. The van der Waals surface area contributed by atoms with E-state index in [0.29, 0.717) is 5.76 Å². The van der Waals surface area contributed by atoms with Crippen molar-refractivity contribution in [2.75, 3.05) is 6.54 Å². The quantitative estimate of drug-likeness (QED) is 0.761. The van der Waals surface area contributed by atoms with Crippen LogP contribution in [-0.4, -0.2) is 12.6 Å². The number of hydrogen-bond acceptors (Lipinski definition) is 2. The second kappa shape index (κ2) is 3.92. The molecule has 1 N–H and O–H groups in total. The first-order valence-corrected chi connectivity index (χ1v) is 4.79. The molecular formula is C10H14FNO. The molecular weight excluding hydrogens is 169 g/mol. The van der Waals surface area contributed by atoms with Gasteiger partial charge in [-0.2, -0.15) is 0 Å². The lowest BCUT2D eigenvalue weighted by molar-refractivity contribution is 0.192. The molecule has 1 aromatic rings. The van der Waals surface area contributed by atoms with Crippen LogP contribution in [0.15, 0.2) is 22.8 Å². The van der Waals surface area contributed by atoms with E-state index >= 15 is 0 Å². The van der Waals surface area contributed by atoms with E-state index in [2.05, 4.69) is 5.32 Å². The molecule has 72 valence electrons. The van der Waals surface area contributed by atoms with Crippen LogP contribution in [0.4, 0.5) is 4.39 Å². The van der Waals surface area contributed by atoms with E-state index in [9.17, 15) is 4.39 Å². The van der Waals surface area contributed by atoms with Crippen LogP contribution in [0.2, 0.25) is 0 Å². The normalized spacial score (nSPS) is 25.8. The fourth-order valence-electron chi connectivity index (χ4n) is 1.78. The number of alkyl halides is 1. The molecule has 3 heteroatoms. The molecule has 2 heterocycles. The van der Waals surface area contributed by atoms with Crippen LogP contribution in [0.25, 0.3) is 0 Å². The molecule has 2 nitrogen and oxygen atoms in total. The van der Waals surface area contributed by atoms with Gasteiger partial charge >= 0.3 is 0 Å². The van der Waals surface area contributed by atoms with Crippen molar-refractivity contribution in [3.63, 3.8) is 0 Å². The minimum atomic E-state index is -0.990. The van der Waals surface area contributed by atoms with Crippen LogP contribution in [0, 0.1) is 0 Å². The number of rotatable bonds is 2. The maximum absolute atomic E-state index is 13.7. The van der Waals surface area contributed by atoms with Crippen LogP contribution < -0.4 is 5.32 Å². The van der Waals surface area contributed by atoms with Crippen molar-refractivity contribution in [3.05, 3.63) is 24.2 Å². The second-order valence-electron chi connectivity index (χ2n) is 3.47. The summed E-state index contributed by atoms with van der Waals surface area (Å²) in [5.41, 5.74) is 0. The predicted molar refractivity (Wildman–Crippen MR) is 48.2 cm³/mol. The van der Waals surface area contributed by atoms with Crippen molar-refractivity contribution < 1.29 is 8.81 Å². The zero-order valence-electron chi connectivity index (χ0n) is 7.50. The van der Waals surface area contributed by atoms with E-state index in [1.54, 1.807) is 12.1 Å². The van der Waals surface area contributed by atoms with Crippen LogP contribution >= 0.6 is 0 Å². The smallest absolute Gasteiger partial charge is 0.173 e. The van der Waals surface area contributed by atoms with Gasteiger partial charge in [0.2, 0.25) is 0 Å². The Balaban J connectivity index is 1.99. The summed E-state index contributed by atoms with van der Waals surface area (Å²) in [6, 6.07) is 3.37. The van der Waals surface area contributed by atoms with Gasteiger partial charge in [-0.3, -0.25) is 0 Å². The maximum Gasteiger partial charge on any atom is 0.173 e. The average molecular weight is 183 g/mol. The molecule has 0 aliphatic carbocycles. The van der Waals surface area contributed by atoms with Gasteiger partial charge in [-0.15, -0.1) is 0 Å². The lowest BCUT2D eigenvalue weighted by atomic mass is 9.99. The van der Waals surface area contributed by atoms with Crippen LogP contribution in [-0.2, 0) is 0 Å². The number of hydrogen-bond donors (Lipinski definition) is 1. The Kier molecular flexibility index (Phi) is 2.64. The van der Waals surface area contributed by atoms with Gasteiger partial charge in [-0.1, -0.05) is 6.42 Å². The second-order valence-corrected chi connectivity index (χ2v) is 3.47. The number of furan rings is 1. The Morgan fingerprint density at radius 1 is 1.54 bits per heavy atom. The van der Waals surface area contributed by atoms with Gasteiger partial charge in [0, 0.05) is 6.04 Å². The first kappa shape index (κ1) is 8.75. The molecule has 0 bridgehead atoms. The zero-order chi connectivity index (χ0) is 9.10. The third-order valence-electron chi connectivity index (χ3n) is 2.52. The standard InChI is InChI=1S/C10H14FNO/c11-10(9-5-3-7-13-9)8-4-1-2-6-12-8/h3,5,7-8,10,12H,1-2,4,6H2. The first-order valence-electron chi connectivity index (χ1n) is 4.79. The van der Waals surface area contributed by atoms with Crippen LogP contribution in [0.3, 0.4) is 0 Å². The summed E-state index contributed by atoms with van der Waals surface area (Å²) in [5.74, 6) is 0.444. The van der Waals surface area contributed by atoms with Gasteiger partial charge in [-0.05, 0) is 31.5 Å². The predicted octanol–water partition coefficient (Wildman–Crippen LogP) is 2.43. The van der Waals surface area contributed by atoms with E-state index in [1.807, 2.05) is 0 Å². The average Bonchev–Trinajstić information content (AvgIpc) is 2.71. The number of piperidine rings is 1. The van der Waals surface area contributed by atoms with Crippen LogP contribution in [0.1, 0.15) is 31.2 Å². The molecule has 0 saturated carbocycles. The van der Waals surface area contributed by atoms with Crippen molar-refractivity contribution in [2.45, 2.75) is 31.5 Å². The highest BCUT2D eigenvalue weighted by Crippen LogP contribution is 2.26. The van der Waals surface area contributed by atoms with Gasteiger partial charge in [0.15, 0.2) is 6.17 Å². The Morgan fingerprint density at radius 2 is 2.46 bits per heavy atom. The van der Waals surface area contributed by atoms with Crippen molar-refractivity contribution in [2.24, 2.45) is 0 Å². The molecule has 0 aromatic carbocycles. The van der Waals surface area contributed by atoms with E-state index in [1.165, 1.54) is 6.26 Å². The van der Waals surface area contributed by atoms with Crippen molar-refractivity contribution in [1.29, 1.82) is 0 Å². The summed E-state index contributed by atoms with van der Waals surface area (Å²) < 4.78 is 18.7. The van der Waals surface area contributed by atoms with E-state index in [4.69, 9.17) is 4.42 Å². The fraction of sp³-hybridized carbons (Fsp3) is 0.600. The van der Waals surface area contributed by atoms with Crippen molar-refractivity contribution in [3.8, 4) is 0 Å². The van der Waals surface area contributed by atoms with Gasteiger partial charge in [-0.25, -0.2) is 4.39 Å². The first-order chi connectivity index (χ1) is 6.38. The largest absolute Gasteiger partial charge is 0.466 e. The molecule has 1 aliphatic rings. The fourth-order valence-corrected chi connectivity index (χ4v) is 1.78. The minimum absolute atomic E-state index is 0.0556. The molecule has 0 spiro atoms. The highest BCUT2D eigenvalue weighted by molar-refractivity contribution is 5.05. The Bertz CT molecular complexity index is 241. The van der Waals surface area contributed by atoms with E-state index in [-0.39, 0.29) is 6.04 Å². The highest BCUT2D eigenvalue weighted by atomic mass is 19.1.